The van der Waals surface area contributed by atoms with Gasteiger partial charge >= 0.3 is 12.0 Å². The number of benzene rings is 3. The number of aliphatic hydroxyl groups is 1. The van der Waals surface area contributed by atoms with Crippen molar-refractivity contribution in [1.82, 2.24) is 24.4 Å². The van der Waals surface area contributed by atoms with E-state index in [1.807, 2.05) is 25.1 Å². The number of rotatable bonds is 12. The fraction of sp³-hybridized carbons (Fsp3) is 0.280. The van der Waals surface area contributed by atoms with E-state index in [0.29, 0.717) is 29.1 Å². The number of aliphatic hydroxyl groups excluding tert-OH is 1. The summed E-state index contributed by atoms with van der Waals surface area (Å²) in [6.45, 7) is 6.68. The van der Waals surface area contributed by atoms with Crippen LogP contribution in [0.15, 0.2) is 59.4 Å². The van der Waals surface area contributed by atoms with Gasteiger partial charge in [0.15, 0.2) is 11.9 Å². The second-order valence-electron chi connectivity index (χ2n) is 17.0. The summed E-state index contributed by atoms with van der Waals surface area (Å²) in [5.41, 5.74) is 9.89. The molecular weight excluding hydrogens is 960 g/mol. The highest BCUT2D eigenvalue weighted by Crippen LogP contribution is 2.46. The van der Waals surface area contributed by atoms with E-state index < -0.39 is 35.7 Å². The maximum absolute atomic E-state index is 16.9. The third kappa shape index (κ3) is 7.89. The van der Waals surface area contributed by atoms with E-state index >= 15 is 4.39 Å². The van der Waals surface area contributed by atoms with Crippen LogP contribution in [0.3, 0.4) is 0 Å². The summed E-state index contributed by atoms with van der Waals surface area (Å²) < 4.78 is 55.8. The second-order valence-corrected chi connectivity index (χ2v) is 18.5. The van der Waals surface area contributed by atoms with E-state index in [0.717, 1.165) is 33.9 Å². The Kier molecular flexibility index (Phi) is 12.3. The number of piperazine rings is 1. The van der Waals surface area contributed by atoms with Gasteiger partial charge in [-0.1, -0.05) is 31.2 Å². The lowest BCUT2D eigenvalue weighted by Crippen LogP contribution is -2.56. The molecule has 3 aliphatic rings. The molecule has 0 spiro atoms. The van der Waals surface area contributed by atoms with Crippen molar-refractivity contribution in [3.05, 3.63) is 109 Å². The van der Waals surface area contributed by atoms with E-state index in [2.05, 4.69) is 22.6 Å². The van der Waals surface area contributed by atoms with Crippen molar-refractivity contribution in [1.29, 1.82) is 10.5 Å². The van der Waals surface area contributed by atoms with Gasteiger partial charge in [0.05, 0.1) is 83.2 Å². The van der Waals surface area contributed by atoms with Crippen LogP contribution < -0.4 is 25.7 Å². The number of pyridine rings is 2. The molecule has 1 amide bonds. The number of nitriles is 2. The van der Waals surface area contributed by atoms with Gasteiger partial charge in [0.25, 0.3) is 11.5 Å². The van der Waals surface area contributed by atoms with E-state index in [9.17, 15) is 34.4 Å². The number of carbonyl (C=O) groups is 2. The van der Waals surface area contributed by atoms with Crippen LogP contribution in [-0.4, -0.2) is 94.0 Å². The Hall–Kier alpha value is -7.75. The minimum atomic E-state index is -1.55. The summed E-state index contributed by atoms with van der Waals surface area (Å²) in [5, 5.41) is 31.4. The van der Waals surface area contributed by atoms with Crippen LogP contribution in [0.1, 0.15) is 47.3 Å². The van der Waals surface area contributed by atoms with Crippen molar-refractivity contribution in [2.75, 3.05) is 57.2 Å². The minimum absolute atomic E-state index is 0.00360. The molecule has 21 heteroatoms. The zero-order valence-corrected chi connectivity index (χ0v) is 39.5. The third-order valence-electron chi connectivity index (χ3n) is 13.1. The smallest absolute Gasteiger partial charge is 0.340 e. The molecule has 3 aliphatic heterocycles. The lowest BCUT2D eigenvalue weighted by molar-refractivity contribution is -0.157. The van der Waals surface area contributed by atoms with E-state index in [4.69, 9.17) is 41.3 Å². The molecule has 360 valence electrons. The summed E-state index contributed by atoms with van der Waals surface area (Å²) in [7, 11) is 1.33. The first kappa shape index (κ1) is 47.0. The standard InChI is InChI=1S/C50H40ClF2N9O8S/c1-4-26-28-15-25(5-8-36(28)57-41-32(26)20-62-37(41)17-29-33(48(62)65)22-70-49(66)43(29)63)69-14-13-68-21-23(2)47(64)61-12-11-60(19-24(61)9-10-54)46-30-16-34(51)39(40(53)42(30)58-50(59-46)67-3)27-6-7-35(52)44-38(27)31(18-55)45(56)71-44/h5-8,15-17,24,43,63H,2,4,9,11-14,19-22,56H2,1,3H3. The second kappa shape index (κ2) is 18.5. The number of methoxy groups -OCH3 is 1. The predicted octanol–water partition coefficient (Wildman–Crippen LogP) is 6.88. The molecule has 7 heterocycles. The molecule has 3 aromatic carbocycles. The Balaban J connectivity index is 0.806. The number of esters is 1. The maximum atomic E-state index is 16.9. The summed E-state index contributed by atoms with van der Waals surface area (Å²) in [6.07, 6.45) is -0.963. The highest BCUT2D eigenvalue weighted by atomic mass is 35.5. The van der Waals surface area contributed by atoms with Crippen molar-refractivity contribution in [3.8, 4) is 46.4 Å². The number of carbonyl (C=O) groups excluding carboxylic acids is 2. The van der Waals surface area contributed by atoms with E-state index in [1.165, 1.54) is 19.2 Å². The molecule has 1 saturated heterocycles. The number of aromatic nitrogens is 4. The Morgan fingerprint density at radius 1 is 1.08 bits per heavy atom. The number of aryl methyl sites for hydroxylation is 1. The molecule has 17 nitrogen and oxygen atoms in total. The van der Waals surface area contributed by atoms with Crippen LogP contribution in [0, 0.1) is 34.3 Å². The quantitative estimate of drug-likeness (QED) is 0.0722. The van der Waals surface area contributed by atoms with Crippen molar-refractivity contribution in [2.24, 2.45) is 0 Å². The number of cyclic esters (lactones) is 1. The van der Waals surface area contributed by atoms with Gasteiger partial charge in [0, 0.05) is 58.1 Å². The van der Waals surface area contributed by atoms with Crippen LogP contribution in [-0.2, 0) is 38.6 Å². The van der Waals surface area contributed by atoms with Gasteiger partial charge in [-0.25, -0.2) is 18.6 Å². The molecule has 0 bridgehead atoms. The van der Waals surface area contributed by atoms with Gasteiger partial charge in [-0.15, -0.1) is 11.3 Å². The van der Waals surface area contributed by atoms with Crippen LogP contribution in [0.5, 0.6) is 11.8 Å². The number of nitrogen functional groups attached to an aromatic ring is 1. The Morgan fingerprint density at radius 2 is 1.90 bits per heavy atom. The van der Waals surface area contributed by atoms with Crippen LogP contribution in [0.4, 0.5) is 19.6 Å². The van der Waals surface area contributed by atoms with Gasteiger partial charge in [0.2, 0.25) is 0 Å². The Morgan fingerprint density at radius 3 is 2.66 bits per heavy atom. The minimum Gasteiger partial charge on any atom is -0.491 e. The van der Waals surface area contributed by atoms with Crippen LogP contribution in [0.2, 0.25) is 5.02 Å². The van der Waals surface area contributed by atoms with Gasteiger partial charge < -0.3 is 44.2 Å². The SMILES string of the molecule is C=C(COCCOc1ccc2nc3c(c(CC)c2c1)Cn1c-3cc2c(c1=O)COC(=O)C2O)C(=O)N1CCN(c2nc(OC)nc3c(F)c(-c4ccc(F)c5sc(N)c(C#N)c45)c(Cl)cc23)CC1CC#N. The third-order valence-corrected chi connectivity index (χ3v) is 14.4. The van der Waals surface area contributed by atoms with E-state index in [-0.39, 0.29) is 141 Å². The number of halogens is 3. The molecule has 4 aromatic heterocycles. The molecule has 0 aliphatic carbocycles. The number of nitrogens with zero attached hydrogens (tertiary/aromatic N) is 8. The van der Waals surface area contributed by atoms with Crippen molar-refractivity contribution in [3.63, 3.8) is 0 Å². The lowest BCUT2D eigenvalue weighted by Gasteiger charge is -2.41. The number of thiophene rings is 1. The molecule has 7 aromatic rings. The number of nitrogens with two attached hydrogens (primary N) is 1. The fourth-order valence-corrected chi connectivity index (χ4v) is 10.9. The summed E-state index contributed by atoms with van der Waals surface area (Å²) in [5.74, 6) is -1.90. The largest absolute Gasteiger partial charge is 0.491 e. The molecule has 2 unspecified atom stereocenters. The van der Waals surface area contributed by atoms with Crippen molar-refractivity contribution < 1.29 is 42.4 Å². The molecular formula is C50H40ClF2N9O8S. The Bertz CT molecular complexity index is 3610. The van der Waals surface area contributed by atoms with E-state index in [1.54, 1.807) is 26.5 Å². The molecule has 71 heavy (non-hydrogen) atoms. The average Bonchev–Trinajstić information content (AvgIpc) is 3.92. The monoisotopic (exact) mass is 999 g/mol. The van der Waals surface area contributed by atoms with Gasteiger partial charge in [-0.05, 0) is 53.9 Å². The highest BCUT2D eigenvalue weighted by Gasteiger charge is 2.36. The number of hydrogen-bond acceptors (Lipinski definition) is 16. The number of ether oxygens (including phenoxy) is 4. The number of fused-ring (bicyclic) bond motifs is 7. The summed E-state index contributed by atoms with van der Waals surface area (Å²) in [6, 6.07) is 14.5. The first-order valence-electron chi connectivity index (χ1n) is 22.3. The average molecular weight is 1000 g/mol. The van der Waals surface area contributed by atoms with Gasteiger partial charge in [-0.2, -0.15) is 20.5 Å². The van der Waals surface area contributed by atoms with Crippen LogP contribution in [0.25, 0.3) is 54.4 Å². The van der Waals surface area contributed by atoms with Crippen molar-refractivity contribution >= 4 is 77.5 Å². The highest BCUT2D eigenvalue weighted by molar-refractivity contribution is 7.23. The lowest BCUT2D eigenvalue weighted by atomic mass is 9.97. The molecule has 3 N–H and O–H groups in total. The summed E-state index contributed by atoms with van der Waals surface area (Å²) >= 11 is 7.70. The molecule has 0 radical (unpaired) electrons. The molecule has 2 atom stereocenters. The first-order chi connectivity index (χ1) is 34.3. The van der Waals surface area contributed by atoms with Crippen molar-refractivity contribution in [2.45, 2.75) is 45.1 Å². The molecule has 1 fully saturated rings. The topological polar surface area (TPSA) is 232 Å². The molecule has 0 saturated carbocycles. The number of amides is 1. The zero-order valence-electron chi connectivity index (χ0n) is 38.0. The number of hydrogen-bond donors (Lipinski definition) is 2. The normalized spacial score (nSPS) is 16.1. The van der Waals surface area contributed by atoms with Crippen LogP contribution >= 0.6 is 22.9 Å². The first-order valence-corrected chi connectivity index (χ1v) is 23.5. The molecule has 10 rings (SSSR count). The summed E-state index contributed by atoms with van der Waals surface area (Å²) in [4.78, 5) is 56.6. The Labute approximate surface area is 411 Å². The maximum Gasteiger partial charge on any atom is 0.340 e. The van der Waals surface area contributed by atoms with Gasteiger partial charge in [0.1, 0.15) is 47.2 Å². The van der Waals surface area contributed by atoms with Gasteiger partial charge in [-0.3, -0.25) is 9.59 Å². The zero-order chi connectivity index (χ0) is 50.0. The number of anilines is 2. The fourth-order valence-electron chi connectivity index (χ4n) is 9.70. The predicted molar refractivity (Wildman–Crippen MR) is 259 cm³/mol.